The molecular formula is C20H11N3O6S2. The van der Waals surface area contributed by atoms with E-state index in [1.807, 2.05) is 0 Å². The third-order valence-corrected chi connectivity index (χ3v) is 5.68. The average molecular weight is 453 g/mol. The fourth-order valence-electron chi connectivity index (χ4n) is 2.88. The molecule has 0 spiro atoms. The molecule has 0 unspecified atom stereocenters. The Morgan fingerprint density at radius 2 is 1.48 bits per heavy atom. The summed E-state index contributed by atoms with van der Waals surface area (Å²) in [5.41, 5.74) is 0.982. The molecule has 31 heavy (non-hydrogen) atoms. The molecule has 9 nitrogen and oxygen atoms in total. The van der Waals surface area contributed by atoms with Crippen molar-refractivity contribution in [1.82, 2.24) is 0 Å². The standard InChI is InChI=1S/C20H11N3O6S2/c24-19-18(31-20(30)21(19)13-5-7-15(8-6-13)23(27)28)11-16-9-10-17(29-16)12-1-3-14(4-2-12)22(25)26/h1-11H/b18-11+. The normalized spacial score (nSPS) is 15.0. The summed E-state index contributed by atoms with van der Waals surface area (Å²) in [4.78, 5) is 35.1. The largest absolute Gasteiger partial charge is 0.457 e. The van der Waals surface area contributed by atoms with Gasteiger partial charge >= 0.3 is 0 Å². The van der Waals surface area contributed by atoms with Crippen LogP contribution in [0, 0.1) is 20.2 Å². The molecule has 0 atom stereocenters. The van der Waals surface area contributed by atoms with Crippen molar-refractivity contribution in [2.45, 2.75) is 0 Å². The monoisotopic (exact) mass is 453 g/mol. The Hall–Kier alpha value is -3.83. The van der Waals surface area contributed by atoms with Crippen molar-refractivity contribution < 1.29 is 19.1 Å². The lowest BCUT2D eigenvalue weighted by Gasteiger charge is -2.13. The average Bonchev–Trinajstić information content (AvgIpc) is 3.32. The minimum atomic E-state index is -0.520. The van der Waals surface area contributed by atoms with E-state index in [4.69, 9.17) is 16.6 Å². The van der Waals surface area contributed by atoms with Crippen molar-refractivity contribution >= 4 is 57.3 Å². The number of rotatable bonds is 5. The van der Waals surface area contributed by atoms with Crippen LogP contribution in [0.5, 0.6) is 0 Å². The molecule has 1 aliphatic heterocycles. The summed E-state index contributed by atoms with van der Waals surface area (Å²) < 4.78 is 6.05. The summed E-state index contributed by atoms with van der Waals surface area (Å²) in [6.07, 6.45) is 1.56. The molecular weight excluding hydrogens is 442 g/mol. The van der Waals surface area contributed by atoms with Gasteiger partial charge in [0.15, 0.2) is 4.32 Å². The minimum absolute atomic E-state index is 0.0227. The number of hydrogen-bond donors (Lipinski definition) is 0. The summed E-state index contributed by atoms with van der Waals surface area (Å²) in [6, 6.07) is 14.8. The first-order chi connectivity index (χ1) is 14.8. The maximum absolute atomic E-state index is 12.8. The molecule has 0 aliphatic carbocycles. The number of carbonyl (C=O) groups is 1. The van der Waals surface area contributed by atoms with Crippen LogP contribution in [0.25, 0.3) is 17.4 Å². The fraction of sp³-hybridized carbons (Fsp3) is 0. The van der Waals surface area contributed by atoms with Gasteiger partial charge in [-0.2, -0.15) is 0 Å². The molecule has 0 N–H and O–H groups in total. The van der Waals surface area contributed by atoms with Crippen LogP contribution < -0.4 is 4.90 Å². The third kappa shape index (κ3) is 4.09. The maximum atomic E-state index is 12.8. The number of nitro groups is 2. The zero-order valence-corrected chi connectivity index (χ0v) is 17.1. The zero-order valence-electron chi connectivity index (χ0n) is 15.5. The Kier molecular flexibility index (Phi) is 5.36. The number of nitrogens with zero attached hydrogens (tertiary/aromatic N) is 3. The highest BCUT2D eigenvalue weighted by Crippen LogP contribution is 2.37. The second-order valence-electron chi connectivity index (χ2n) is 6.30. The number of carbonyl (C=O) groups excluding carboxylic acids is 1. The Bertz CT molecular complexity index is 1250. The van der Waals surface area contributed by atoms with Crippen LogP contribution in [0.4, 0.5) is 17.1 Å². The zero-order chi connectivity index (χ0) is 22.1. The second kappa shape index (κ2) is 8.13. The van der Waals surface area contributed by atoms with Gasteiger partial charge in [-0.05, 0) is 36.4 Å². The van der Waals surface area contributed by atoms with Gasteiger partial charge in [0.25, 0.3) is 17.3 Å². The van der Waals surface area contributed by atoms with Gasteiger partial charge < -0.3 is 4.42 Å². The molecule has 0 saturated carbocycles. The summed E-state index contributed by atoms with van der Waals surface area (Å²) in [5, 5.41) is 21.6. The highest BCUT2D eigenvalue weighted by atomic mass is 32.2. The fourth-order valence-corrected chi connectivity index (χ4v) is 4.15. The van der Waals surface area contributed by atoms with Crippen LogP contribution in [-0.4, -0.2) is 20.1 Å². The number of hydrogen-bond acceptors (Lipinski definition) is 8. The van der Waals surface area contributed by atoms with Crippen LogP contribution in [0.1, 0.15) is 5.76 Å². The van der Waals surface area contributed by atoms with Gasteiger partial charge in [0, 0.05) is 35.9 Å². The van der Waals surface area contributed by atoms with Gasteiger partial charge in [-0.15, -0.1) is 0 Å². The molecule has 1 aromatic heterocycles. The van der Waals surface area contributed by atoms with Gasteiger partial charge in [-0.3, -0.25) is 29.9 Å². The molecule has 2 heterocycles. The molecule has 2 aromatic carbocycles. The smallest absolute Gasteiger partial charge is 0.270 e. The van der Waals surface area contributed by atoms with E-state index in [1.165, 1.54) is 41.3 Å². The van der Waals surface area contributed by atoms with Crippen molar-refractivity contribution in [1.29, 1.82) is 0 Å². The lowest BCUT2D eigenvalue weighted by Crippen LogP contribution is -2.27. The van der Waals surface area contributed by atoms with Crippen LogP contribution in [-0.2, 0) is 4.79 Å². The van der Waals surface area contributed by atoms with Gasteiger partial charge in [0.2, 0.25) is 0 Å². The van der Waals surface area contributed by atoms with E-state index in [0.29, 0.717) is 32.0 Å². The molecule has 11 heteroatoms. The van der Waals surface area contributed by atoms with E-state index in [-0.39, 0.29) is 17.3 Å². The van der Waals surface area contributed by atoms with Gasteiger partial charge in [0.05, 0.1) is 20.4 Å². The first-order valence-corrected chi connectivity index (χ1v) is 9.93. The Morgan fingerprint density at radius 3 is 2.06 bits per heavy atom. The van der Waals surface area contributed by atoms with Crippen molar-refractivity contribution in [2.24, 2.45) is 0 Å². The van der Waals surface area contributed by atoms with Crippen LogP contribution in [0.3, 0.4) is 0 Å². The Morgan fingerprint density at radius 1 is 0.903 bits per heavy atom. The Labute approximate surface area is 184 Å². The van der Waals surface area contributed by atoms with Gasteiger partial charge in [0.1, 0.15) is 11.5 Å². The summed E-state index contributed by atoms with van der Waals surface area (Å²) in [7, 11) is 0. The third-order valence-electron chi connectivity index (χ3n) is 4.38. The molecule has 4 rings (SSSR count). The number of furan rings is 1. The minimum Gasteiger partial charge on any atom is -0.457 e. The van der Waals surface area contributed by atoms with E-state index in [0.717, 1.165) is 11.8 Å². The van der Waals surface area contributed by atoms with E-state index in [2.05, 4.69) is 0 Å². The predicted octanol–water partition coefficient (Wildman–Crippen LogP) is 5.17. The van der Waals surface area contributed by atoms with Crippen molar-refractivity contribution in [3.63, 3.8) is 0 Å². The highest BCUT2D eigenvalue weighted by molar-refractivity contribution is 8.27. The van der Waals surface area contributed by atoms with E-state index < -0.39 is 9.85 Å². The van der Waals surface area contributed by atoms with Crippen LogP contribution >= 0.6 is 24.0 Å². The van der Waals surface area contributed by atoms with Crippen LogP contribution in [0.2, 0.25) is 0 Å². The SMILES string of the molecule is O=C1/C(=C\c2ccc(-c3ccc([N+](=O)[O-])cc3)o2)SC(=S)N1c1ccc([N+](=O)[O-])cc1. The van der Waals surface area contributed by atoms with Crippen molar-refractivity contribution in [3.05, 3.63) is 91.6 Å². The highest BCUT2D eigenvalue weighted by Gasteiger charge is 2.33. The molecule has 1 saturated heterocycles. The lowest BCUT2D eigenvalue weighted by molar-refractivity contribution is -0.385. The van der Waals surface area contributed by atoms with E-state index >= 15 is 0 Å². The number of non-ortho nitro benzene ring substituents is 2. The molecule has 3 aromatic rings. The first-order valence-electron chi connectivity index (χ1n) is 8.70. The number of thioether (sulfide) groups is 1. The number of thiocarbonyl (C=S) groups is 1. The molecule has 1 fully saturated rings. The number of benzene rings is 2. The summed E-state index contributed by atoms with van der Waals surface area (Å²) in [5.74, 6) is 0.543. The molecule has 154 valence electrons. The van der Waals surface area contributed by atoms with Crippen LogP contribution in [0.15, 0.2) is 70.0 Å². The number of anilines is 1. The van der Waals surface area contributed by atoms with Gasteiger partial charge in [-0.1, -0.05) is 24.0 Å². The molecule has 1 amide bonds. The molecule has 0 bridgehead atoms. The van der Waals surface area contributed by atoms with E-state index in [1.54, 1.807) is 30.3 Å². The topological polar surface area (TPSA) is 120 Å². The van der Waals surface area contributed by atoms with Crippen molar-refractivity contribution in [3.8, 4) is 11.3 Å². The van der Waals surface area contributed by atoms with Crippen molar-refractivity contribution in [2.75, 3.05) is 4.90 Å². The number of nitro benzene ring substituents is 2. The molecule has 0 radical (unpaired) electrons. The number of amides is 1. The predicted molar refractivity (Wildman–Crippen MR) is 120 cm³/mol. The lowest BCUT2D eigenvalue weighted by atomic mass is 10.1. The maximum Gasteiger partial charge on any atom is 0.270 e. The first kappa shape index (κ1) is 20.4. The van der Waals surface area contributed by atoms with E-state index in [9.17, 15) is 25.0 Å². The quantitative estimate of drug-likeness (QED) is 0.225. The summed E-state index contributed by atoms with van der Waals surface area (Å²) >= 11 is 6.39. The Balaban J connectivity index is 1.56. The van der Waals surface area contributed by atoms with Gasteiger partial charge in [-0.25, -0.2) is 0 Å². The second-order valence-corrected chi connectivity index (χ2v) is 7.97. The summed E-state index contributed by atoms with van der Waals surface area (Å²) in [6.45, 7) is 0. The molecule has 1 aliphatic rings.